The molecule has 0 saturated heterocycles. The van der Waals surface area contributed by atoms with E-state index in [4.69, 9.17) is 12.2 Å². The van der Waals surface area contributed by atoms with Crippen molar-refractivity contribution in [2.24, 2.45) is 10.9 Å². The van der Waals surface area contributed by atoms with E-state index in [9.17, 15) is 8.78 Å². The largest absolute Gasteiger partial charge is 0.277 e. The average Bonchev–Trinajstić information content (AvgIpc) is 2.00. The van der Waals surface area contributed by atoms with Gasteiger partial charge in [0.15, 0.2) is 0 Å². The lowest BCUT2D eigenvalue weighted by Gasteiger charge is -2.18. The molecule has 12 heavy (non-hydrogen) atoms. The molecule has 0 bridgehead atoms. The topological polar surface area (TPSA) is 12.4 Å². The predicted octanol–water partition coefficient (Wildman–Crippen LogP) is 2.62. The summed E-state index contributed by atoms with van der Waals surface area (Å²) in [4.78, 5) is 4.23. The maximum Gasteiger partial charge on any atom is 0.277 e. The van der Waals surface area contributed by atoms with Crippen molar-refractivity contribution < 1.29 is 8.78 Å². The fourth-order valence-corrected chi connectivity index (χ4v) is 1.24. The van der Waals surface area contributed by atoms with Crippen molar-refractivity contribution in [2.45, 2.75) is 20.3 Å². The SMILES string of the molecule is CC1=CN=C(C(F)F)C(C)C1=S. The molecule has 0 spiro atoms. The monoisotopic (exact) mass is 189 g/mol. The lowest BCUT2D eigenvalue weighted by molar-refractivity contribution is 0.221. The molecule has 1 rings (SSSR count). The minimum absolute atomic E-state index is 0.120. The van der Waals surface area contributed by atoms with Gasteiger partial charge in [0.05, 0.1) is 5.71 Å². The summed E-state index contributed by atoms with van der Waals surface area (Å²) < 4.78 is 24.5. The molecular formula is C8H9F2NS. The van der Waals surface area contributed by atoms with E-state index in [1.807, 2.05) is 0 Å². The van der Waals surface area contributed by atoms with E-state index >= 15 is 0 Å². The van der Waals surface area contributed by atoms with Crippen molar-refractivity contribution in [3.8, 4) is 0 Å². The lowest BCUT2D eigenvalue weighted by atomic mass is 9.95. The maximum atomic E-state index is 12.3. The fourth-order valence-electron chi connectivity index (χ4n) is 1.07. The van der Waals surface area contributed by atoms with Crippen LogP contribution < -0.4 is 0 Å². The first-order chi connectivity index (χ1) is 5.54. The first kappa shape index (κ1) is 9.45. The third kappa shape index (κ3) is 1.58. The number of aliphatic imine (C=N–C) groups is 1. The third-order valence-corrected chi connectivity index (χ3v) is 2.53. The van der Waals surface area contributed by atoms with E-state index in [-0.39, 0.29) is 5.71 Å². The number of hydrogen-bond donors (Lipinski definition) is 0. The van der Waals surface area contributed by atoms with Crippen LogP contribution in [0, 0.1) is 5.92 Å². The van der Waals surface area contributed by atoms with E-state index in [2.05, 4.69) is 4.99 Å². The molecule has 1 atom stereocenters. The van der Waals surface area contributed by atoms with E-state index < -0.39 is 12.3 Å². The number of alkyl halides is 2. The first-order valence-electron chi connectivity index (χ1n) is 3.60. The Kier molecular flexibility index (Phi) is 2.67. The minimum atomic E-state index is -2.50. The molecular weight excluding hydrogens is 180 g/mol. The Balaban J connectivity index is 2.97. The second-order valence-corrected chi connectivity index (χ2v) is 3.19. The molecule has 0 radical (unpaired) electrons. The third-order valence-electron chi connectivity index (χ3n) is 1.86. The summed E-state index contributed by atoms with van der Waals surface area (Å²) in [6, 6.07) is 0. The Bertz CT molecular complexity index is 268. The van der Waals surface area contributed by atoms with E-state index in [1.165, 1.54) is 6.20 Å². The number of allylic oxidation sites excluding steroid dienone is 1. The van der Waals surface area contributed by atoms with E-state index in [1.54, 1.807) is 13.8 Å². The molecule has 0 aromatic rings. The van der Waals surface area contributed by atoms with Crippen molar-refractivity contribution in [1.82, 2.24) is 0 Å². The zero-order valence-corrected chi connectivity index (χ0v) is 7.66. The molecule has 1 nitrogen and oxygen atoms in total. The number of thiocarbonyl (C=S) groups is 1. The normalized spacial score (nSPS) is 24.1. The van der Waals surface area contributed by atoms with Crippen molar-refractivity contribution >= 4 is 22.8 Å². The Morgan fingerprint density at radius 2 is 2.17 bits per heavy atom. The molecule has 0 aliphatic carbocycles. The molecule has 1 unspecified atom stereocenters. The molecule has 4 heteroatoms. The summed E-state index contributed by atoms with van der Waals surface area (Å²) in [5, 5.41) is 0. The Labute approximate surface area is 75.2 Å². The van der Waals surface area contributed by atoms with Crippen LogP contribution in [-0.2, 0) is 0 Å². The molecule has 1 heterocycles. The van der Waals surface area contributed by atoms with Crippen LogP contribution in [0.15, 0.2) is 16.8 Å². The Hall–Kier alpha value is -0.640. The predicted molar refractivity (Wildman–Crippen MR) is 49.0 cm³/mol. The smallest absolute Gasteiger partial charge is 0.259 e. The van der Waals surface area contributed by atoms with Gasteiger partial charge in [-0.2, -0.15) is 0 Å². The van der Waals surface area contributed by atoms with Gasteiger partial charge in [0, 0.05) is 17.0 Å². The number of halogens is 2. The number of rotatable bonds is 1. The van der Waals surface area contributed by atoms with Gasteiger partial charge >= 0.3 is 0 Å². The van der Waals surface area contributed by atoms with Gasteiger partial charge in [-0.1, -0.05) is 19.1 Å². The van der Waals surface area contributed by atoms with E-state index in [0.717, 1.165) is 5.57 Å². The molecule has 66 valence electrons. The maximum absolute atomic E-state index is 12.3. The van der Waals surface area contributed by atoms with Crippen LogP contribution in [0.1, 0.15) is 13.8 Å². The molecule has 0 amide bonds. The van der Waals surface area contributed by atoms with Crippen LogP contribution in [0.5, 0.6) is 0 Å². The highest BCUT2D eigenvalue weighted by molar-refractivity contribution is 7.81. The molecule has 1 aliphatic heterocycles. The van der Waals surface area contributed by atoms with Crippen LogP contribution >= 0.6 is 12.2 Å². The van der Waals surface area contributed by atoms with Crippen LogP contribution in [0.4, 0.5) is 8.78 Å². The quantitative estimate of drug-likeness (QED) is 0.577. The summed E-state index contributed by atoms with van der Waals surface area (Å²) >= 11 is 4.96. The van der Waals surface area contributed by atoms with Crippen molar-refractivity contribution in [1.29, 1.82) is 0 Å². The second-order valence-electron chi connectivity index (χ2n) is 2.75. The zero-order valence-electron chi connectivity index (χ0n) is 6.84. The second kappa shape index (κ2) is 3.39. The van der Waals surface area contributed by atoms with Crippen LogP contribution in [0.3, 0.4) is 0 Å². The highest BCUT2D eigenvalue weighted by Gasteiger charge is 2.26. The summed E-state index contributed by atoms with van der Waals surface area (Å²) in [6.07, 6.45) is -1.09. The zero-order chi connectivity index (χ0) is 9.30. The molecule has 1 aliphatic rings. The highest BCUT2D eigenvalue weighted by Crippen LogP contribution is 2.19. The van der Waals surface area contributed by atoms with E-state index in [0.29, 0.717) is 4.86 Å². The van der Waals surface area contributed by atoms with Gasteiger partial charge in [0.1, 0.15) is 0 Å². The molecule has 0 N–H and O–H groups in total. The van der Waals surface area contributed by atoms with Gasteiger partial charge < -0.3 is 0 Å². The van der Waals surface area contributed by atoms with Crippen LogP contribution in [-0.4, -0.2) is 17.0 Å². The Morgan fingerprint density at radius 3 is 2.67 bits per heavy atom. The summed E-state index contributed by atoms with van der Waals surface area (Å²) in [5.74, 6) is -0.398. The molecule has 0 aromatic carbocycles. The van der Waals surface area contributed by atoms with Gasteiger partial charge in [-0.05, 0) is 12.5 Å². The van der Waals surface area contributed by atoms with Crippen LogP contribution in [0.25, 0.3) is 0 Å². The summed E-state index contributed by atoms with van der Waals surface area (Å²) in [6.45, 7) is 3.44. The van der Waals surface area contributed by atoms with Gasteiger partial charge in [0.2, 0.25) is 0 Å². The molecule has 0 aromatic heterocycles. The standard InChI is InChI=1S/C8H9F2NS/c1-4-3-11-6(8(9)10)5(2)7(4)12/h3,5,8H,1-2H3. The van der Waals surface area contributed by atoms with Crippen molar-refractivity contribution in [3.63, 3.8) is 0 Å². The Morgan fingerprint density at radius 1 is 1.58 bits per heavy atom. The van der Waals surface area contributed by atoms with Crippen molar-refractivity contribution in [2.75, 3.05) is 0 Å². The molecule has 0 fully saturated rings. The first-order valence-corrected chi connectivity index (χ1v) is 4.01. The van der Waals surface area contributed by atoms with Gasteiger partial charge in [0.25, 0.3) is 6.43 Å². The number of hydrogen-bond acceptors (Lipinski definition) is 2. The summed E-state index contributed by atoms with van der Waals surface area (Å²) in [5.41, 5.74) is 0.688. The highest BCUT2D eigenvalue weighted by atomic mass is 32.1. The number of nitrogens with zero attached hydrogens (tertiary/aromatic N) is 1. The van der Waals surface area contributed by atoms with Gasteiger partial charge in [-0.3, -0.25) is 4.99 Å². The van der Waals surface area contributed by atoms with Gasteiger partial charge in [-0.25, -0.2) is 8.78 Å². The van der Waals surface area contributed by atoms with Gasteiger partial charge in [-0.15, -0.1) is 0 Å². The fraction of sp³-hybridized carbons (Fsp3) is 0.500. The summed E-state index contributed by atoms with van der Waals surface area (Å²) in [7, 11) is 0. The van der Waals surface area contributed by atoms with Crippen molar-refractivity contribution in [3.05, 3.63) is 11.8 Å². The average molecular weight is 189 g/mol. The minimum Gasteiger partial charge on any atom is -0.259 e. The van der Waals surface area contributed by atoms with Crippen LogP contribution in [0.2, 0.25) is 0 Å². The molecule has 0 saturated carbocycles. The lowest BCUT2D eigenvalue weighted by Crippen LogP contribution is -2.28.